The number of thioether (sulfide) groups is 1. The van der Waals surface area contributed by atoms with Gasteiger partial charge in [0.25, 0.3) is 0 Å². The predicted molar refractivity (Wildman–Crippen MR) is 101 cm³/mol. The van der Waals surface area contributed by atoms with Gasteiger partial charge in [-0.2, -0.15) is 0 Å². The van der Waals surface area contributed by atoms with Gasteiger partial charge in [0.15, 0.2) is 0 Å². The number of carbonyl (C=O) groups excluding carboxylic acids is 2. The molecule has 0 saturated heterocycles. The van der Waals surface area contributed by atoms with Gasteiger partial charge in [-0.25, -0.2) is 4.79 Å². The number of anilines is 1. The van der Waals surface area contributed by atoms with E-state index in [0.29, 0.717) is 0 Å². The third-order valence-corrected chi connectivity index (χ3v) is 4.87. The Morgan fingerprint density at radius 3 is 2.60 bits per heavy atom. The largest absolute Gasteiger partial charge is 0.444 e. The second-order valence-corrected chi connectivity index (χ2v) is 8.27. The summed E-state index contributed by atoms with van der Waals surface area (Å²) in [7, 11) is 0. The van der Waals surface area contributed by atoms with Crippen LogP contribution in [-0.4, -0.2) is 35.4 Å². The summed E-state index contributed by atoms with van der Waals surface area (Å²) in [5.74, 6) is -0.0751. The molecule has 138 valence electrons. The fourth-order valence-electron chi connectivity index (χ4n) is 2.80. The van der Waals surface area contributed by atoms with Crippen LogP contribution in [0.1, 0.15) is 40.0 Å². The molecular weight excluding hydrogens is 338 g/mol. The molecule has 1 aliphatic carbocycles. The molecule has 0 radical (unpaired) electrons. The van der Waals surface area contributed by atoms with Gasteiger partial charge in [-0.3, -0.25) is 4.79 Å². The van der Waals surface area contributed by atoms with Crippen LogP contribution in [0.4, 0.5) is 10.5 Å². The van der Waals surface area contributed by atoms with Crippen LogP contribution in [-0.2, 0) is 9.53 Å². The Morgan fingerprint density at radius 2 is 1.92 bits per heavy atom. The highest BCUT2D eigenvalue weighted by Crippen LogP contribution is 2.30. The van der Waals surface area contributed by atoms with E-state index in [0.717, 1.165) is 29.8 Å². The summed E-state index contributed by atoms with van der Waals surface area (Å²) < 4.78 is 5.31. The summed E-state index contributed by atoms with van der Waals surface area (Å²) in [6, 6.07) is 8.25. The maximum absolute atomic E-state index is 11.9. The van der Waals surface area contributed by atoms with Crippen molar-refractivity contribution in [3.63, 3.8) is 0 Å². The number of rotatable bonds is 6. The average molecular weight is 365 g/mol. The highest BCUT2D eigenvalue weighted by molar-refractivity contribution is 8.00. The zero-order valence-corrected chi connectivity index (χ0v) is 15.8. The van der Waals surface area contributed by atoms with Crippen LogP contribution in [0.2, 0.25) is 0 Å². The molecule has 6 nitrogen and oxygen atoms in total. The second-order valence-electron chi connectivity index (χ2n) is 7.25. The second kappa shape index (κ2) is 8.47. The Balaban J connectivity index is 1.87. The lowest BCUT2D eigenvalue weighted by Gasteiger charge is -2.22. The highest BCUT2D eigenvalue weighted by Gasteiger charge is 2.28. The molecule has 0 aliphatic heterocycles. The van der Waals surface area contributed by atoms with Crippen LogP contribution in [0.3, 0.4) is 0 Å². The van der Waals surface area contributed by atoms with Crippen LogP contribution >= 0.6 is 11.8 Å². The zero-order valence-electron chi connectivity index (χ0n) is 15.0. The quantitative estimate of drug-likeness (QED) is 0.674. The van der Waals surface area contributed by atoms with Crippen molar-refractivity contribution in [2.75, 3.05) is 11.1 Å². The summed E-state index contributed by atoms with van der Waals surface area (Å²) in [5, 5.41) is 6.46. The van der Waals surface area contributed by atoms with Crippen LogP contribution in [0.5, 0.6) is 0 Å². The Hall–Kier alpha value is -1.89. The molecule has 2 rings (SSSR count). The van der Waals surface area contributed by atoms with Crippen LogP contribution < -0.4 is 16.4 Å². The lowest BCUT2D eigenvalue weighted by Crippen LogP contribution is -2.38. The lowest BCUT2D eigenvalue weighted by molar-refractivity contribution is -0.115. The van der Waals surface area contributed by atoms with E-state index in [9.17, 15) is 9.59 Å². The zero-order chi connectivity index (χ0) is 18.4. The minimum atomic E-state index is -0.489. The predicted octanol–water partition coefficient (Wildman–Crippen LogP) is 3.12. The number of nitrogens with one attached hydrogen (secondary N) is 2. The number of para-hydroxylation sites is 1. The van der Waals surface area contributed by atoms with Gasteiger partial charge in [-0.1, -0.05) is 12.1 Å². The Labute approximate surface area is 153 Å². The average Bonchev–Trinajstić information content (AvgIpc) is 2.91. The summed E-state index contributed by atoms with van der Waals surface area (Å²) in [5.41, 5.74) is 5.74. The smallest absolute Gasteiger partial charge is 0.407 e. The number of benzene rings is 1. The van der Waals surface area contributed by atoms with Gasteiger partial charge in [0.05, 0.1) is 5.75 Å². The van der Waals surface area contributed by atoms with E-state index in [1.165, 1.54) is 11.8 Å². The van der Waals surface area contributed by atoms with E-state index >= 15 is 0 Å². The first-order valence-corrected chi connectivity index (χ1v) is 9.47. The van der Waals surface area contributed by atoms with Crippen molar-refractivity contribution in [1.82, 2.24) is 5.32 Å². The van der Waals surface area contributed by atoms with Gasteiger partial charge < -0.3 is 21.1 Å². The van der Waals surface area contributed by atoms with Crippen molar-refractivity contribution >= 4 is 29.4 Å². The van der Waals surface area contributed by atoms with Crippen molar-refractivity contribution in [1.29, 1.82) is 0 Å². The monoisotopic (exact) mass is 365 g/mol. The number of primary amides is 1. The summed E-state index contributed by atoms with van der Waals surface area (Å²) in [6.45, 7) is 5.56. The van der Waals surface area contributed by atoms with Gasteiger partial charge in [-0.15, -0.1) is 11.8 Å². The van der Waals surface area contributed by atoms with Crippen molar-refractivity contribution in [2.45, 2.75) is 62.6 Å². The van der Waals surface area contributed by atoms with Crippen molar-refractivity contribution in [3.05, 3.63) is 24.3 Å². The molecule has 2 amide bonds. The van der Waals surface area contributed by atoms with Crippen molar-refractivity contribution in [2.24, 2.45) is 5.73 Å². The van der Waals surface area contributed by atoms with Gasteiger partial charge in [-0.05, 0) is 52.2 Å². The molecule has 7 heteroatoms. The van der Waals surface area contributed by atoms with Gasteiger partial charge in [0.1, 0.15) is 5.60 Å². The third kappa shape index (κ3) is 6.86. The van der Waals surface area contributed by atoms with Gasteiger partial charge in [0, 0.05) is 22.7 Å². The fraction of sp³-hybridized carbons (Fsp3) is 0.556. The molecule has 4 N–H and O–H groups in total. The third-order valence-electron chi connectivity index (χ3n) is 3.77. The van der Waals surface area contributed by atoms with Gasteiger partial charge in [0.2, 0.25) is 5.91 Å². The van der Waals surface area contributed by atoms with Crippen LogP contribution in [0.25, 0.3) is 0 Å². The normalized spacial score (nSPS) is 20.1. The minimum Gasteiger partial charge on any atom is -0.444 e. The van der Waals surface area contributed by atoms with Crippen LogP contribution in [0, 0.1) is 0 Å². The molecular formula is C18H27N3O3S. The maximum Gasteiger partial charge on any atom is 0.407 e. The first kappa shape index (κ1) is 19.4. The number of alkyl carbamates (subject to hydrolysis) is 1. The molecule has 1 aromatic rings. The maximum atomic E-state index is 11.9. The van der Waals surface area contributed by atoms with E-state index in [-0.39, 0.29) is 29.8 Å². The standard InChI is InChI=1S/C18H27N3O3S/c1-18(2,3)24-17(23)21-13-9-8-12(10-13)20-14-6-4-5-7-15(14)25-11-16(19)22/h4-7,12-13,20H,8-11H2,1-3H3,(H2,19,22)(H,21,23). The summed E-state index contributed by atoms with van der Waals surface area (Å²) in [4.78, 5) is 23.9. The lowest BCUT2D eigenvalue weighted by atomic mass is 10.2. The number of hydrogen-bond acceptors (Lipinski definition) is 5. The molecule has 2 atom stereocenters. The molecule has 0 bridgehead atoms. The molecule has 1 aliphatic rings. The SMILES string of the molecule is CC(C)(C)OC(=O)NC1CCC(Nc2ccccc2SCC(N)=O)C1. The number of hydrogen-bond donors (Lipinski definition) is 3. The van der Waals surface area contributed by atoms with E-state index in [1.807, 2.05) is 45.0 Å². The summed E-state index contributed by atoms with van der Waals surface area (Å²) in [6.07, 6.45) is 2.35. The summed E-state index contributed by atoms with van der Waals surface area (Å²) >= 11 is 1.43. The van der Waals surface area contributed by atoms with E-state index in [1.54, 1.807) is 0 Å². The first-order chi connectivity index (χ1) is 11.7. The molecule has 25 heavy (non-hydrogen) atoms. The van der Waals surface area contributed by atoms with Crippen molar-refractivity contribution in [3.8, 4) is 0 Å². The Kier molecular flexibility index (Phi) is 6.58. The highest BCUT2D eigenvalue weighted by atomic mass is 32.2. The van der Waals surface area contributed by atoms with E-state index in [4.69, 9.17) is 10.5 Å². The minimum absolute atomic E-state index is 0.109. The van der Waals surface area contributed by atoms with E-state index < -0.39 is 5.60 Å². The number of nitrogens with two attached hydrogens (primary N) is 1. The molecule has 0 spiro atoms. The number of carbonyl (C=O) groups is 2. The van der Waals surface area contributed by atoms with Gasteiger partial charge >= 0.3 is 6.09 Å². The molecule has 1 aromatic carbocycles. The molecule has 2 unspecified atom stereocenters. The number of amides is 2. The Bertz CT molecular complexity index is 616. The number of ether oxygens (including phenoxy) is 1. The first-order valence-electron chi connectivity index (χ1n) is 8.49. The van der Waals surface area contributed by atoms with Crippen LogP contribution in [0.15, 0.2) is 29.2 Å². The Morgan fingerprint density at radius 1 is 1.24 bits per heavy atom. The fourth-order valence-corrected chi connectivity index (χ4v) is 3.55. The molecule has 1 fully saturated rings. The molecule has 0 heterocycles. The van der Waals surface area contributed by atoms with Crippen molar-refractivity contribution < 1.29 is 14.3 Å². The topological polar surface area (TPSA) is 93.4 Å². The molecule has 0 aromatic heterocycles. The van der Waals surface area contributed by atoms with E-state index in [2.05, 4.69) is 10.6 Å². The molecule has 1 saturated carbocycles.